The molecule has 0 radical (unpaired) electrons. The average molecular weight is 440 g/mol. The van der Waals surface area contributed by atoms with Crippen molar-refractivity contribution >= 4 is 22.6 Å². The Kier molecular flexibility index (Phi) is 5.63. The molecule has 2 heterocycles. The Morgan fingerprint density at radius 1 is 0.909 bits per heavy atom. The molecule has 1 fully saturated rings. The van der Waals surface area contributed by atoms with E-state index in [0.29, 0.717) is 26.1 Å². The van der Waals surface area contributed by atoms with Crippen LogP contribution < -0.4 is 9.64 Å². The first-order valence-corrected chi connectivity index (χ1v) is 11.5. The fraction of sp³-hybridized carbons (Fsp3) is 0.286. The molecule has 0 aliphatic carbocycles. The van der Waals surface area contributed by atoms with E-state index in [1.807, 2.05) is 47.4 Å². The van der Waals surface area contributed by atoms with Crippen LogP contribution in [-0.2, 0) is 11.3 Å². The molecule has 1 atom stereocenters. The molecular weight excluding hydrogens is 410 g/mol. The van der Waals surface area contributed by atoms with Crippen molar-refractivity contribution in [1.29, 1.82) is 0 Å². The van der Waals surface area contributed by atoms with E-state index in [2.05, 4.69) is 49.6 Å². The molecule has 168 valence electrons. The second kappa shape index (κ2) is 8.74. The third-order valence-corrected chi connectivity index (χ3v) is 6.55. The van der Waals surface area contributed by atoms with E-state index in [-0.39, 0.29) is 11.8 Å². The lowest BCUT2D eigenvalue weighted by atomic mass is 10.1. The first kappa shape index (κ1) is 21.3. The van der Waals surface area contributed by atoms with Gasteiger partial charge < -0.3 is 14.2 Å². The first-order valence-electron chi connectivity index (χ1n) is 11.5. The summed E-state index contributed by atoms with van der Waals surface area (Å²) >= 11 is 0. The number of hydrogen-bond acceptors (Lipinski definition) is 3. The molecule has 0 saturated carbocycles. The predicted octanol–water partition coefficient (Wildman–Crippen LogP) is 5.56. The second-order valence-electron chi connectivity index (χ2n) is 8.87. The van der Waals surface area contributed by atoms with Crippen LogP contribution in [0.15, 0.2) is 66.7 Å². The van der Waals surface area contributed by atoms with Crippen molar-refractivity contribution in [3.8, 4) is 5.75 Å². The molecule has 1 aliphatic rings. The van der Waals surface area contributed by atoms with Gasteiger partial charge in [0.15, 0.2) is 0 Å². The number of aromatic nitrogens is 2. The van der Waals surface area contributed by atoms with E-state index in [9.17, 15) is 4.79 Å². The molecule has 1 aromatic heterocycles. The molecule has 5 heteroatoms. The smallest absolute Gasteiger partial charge is 0.227 e. The van der Waals surface area contributed by atoms with Crippen molar-refractivity contribution in [3.63, 3.8) is 0 Å². The molecular formula is C28H29N3O2. The lowest BCUT2D eigenvalue weighted by molar-refractivity contribution is -0.117. The van der Waals surface area contributed by atoms with Crippen LogP contribution in [0.3, 0.4) is 0 Å². The number of carbonyl (C=O) groups is 1. The van der Waals surface area contributed by atoms with E-state index in [1.165, 1.54) is 0 Å². The minimum atomic E-state index is 0.0439. The maximum absolute atomic E-state index is 13.1. The van der Waals surface area contributed by atoms with E-state index >= 15 is 0 Å². The highest BCUT2D eigenvalue weighted by molar-refractivity contribution is 5.98. The number of ether oxygens (including phenoxy) is 1. The number of para-hydroxylation sites is 4. The van der Waals surface area contributed by atoms with E-state index < -0.39 is 0 Å². The van der Waals surface area contributed by atoms with Crippen LogP contribution in [-0.4, -0.2) is 28.6 Å². The van der Waals surface area contributed by atoms with Gasteiger partial charge in [-0.05, 0) is 55.7 Å². The van der Waals surface area contributed by atoms with Crippen LogP contribution >= 0.6 is 0 Å². The normalized spacial score (nSPS) is 16.0. The van der Waals surface area contributed by atoms with E-state index in [1.54, 1.807) is 0 Å². The van der Waals surface area contributed by atoms with Crippen molar-refractivity contribution in [3.05, 3.63) is 89.2 Å². The summed E-state index contributed by atoms with van der Waals surface area (Å²) in [5.74, 6) is 2.07. The highest BCUT2D eigenvalue weighted by Crippen LogP contribution is 2.36. The van der Waals surface area contributed by atoms with Gasteiger partial charge in [-0.2, -0.15) is 0 Å². The number of amides is 1. The standard InChI is InChI=1S/C28H29N3O2/c1-19-9-4-7-14-25(19)33-16-15-30-24-13-6-5-12-23(24)29-28(30)22-17-26(32)31(18-22)27-20(2)10-8-11-21(27)3/h4-14,22H,15-18H2,1-3H3/t22-/m1/s1. The number of rotatable bonds is 6. The minimum Gasteiger partial charge on any atom is -0.491 e. The maximum atomic E-state index is 13.1. The number of anilines is 1. The third kappa shape index (κ3) is 3.99. The summed E-state index contributed by atoms with van der Waals surface area (Å²) < 4.78 is 8.33. The molecule has 4 aromatic rings. The Morgan fingerprint density at radius 3 is 2.39 bits per heavy atom. The van der Waals surface area contributed by atoms with Crippen molar-refractivity contribution in [1.82, 2.24) is 9.55 Å². The minimum absolute atomic E-state index is 0.0439. The Hall–Kier alpha value is -3.60. The summed E-state index contributed by atoms with van der Waals surface area (Å²) in [6, 6.07) is 22.4. The summed E-state index contributed by atoms with van der Waals surface area (Å²) in [4.78, 5) is 20.0. The molecule has 1 amide bonds. The molecule has 5 rings (SSSR count). The van der Waals surface area contributed by atoms with Gasteiger partial charge >= 0.3 is 0 Å². The number of aryl methyl sites for hydroxylation is 3. The van der Waals surface area contributed by atoms with Crippen LogP contribution in [0.2, 0.25) is 0 Å². The Balaban J connectivity index is 1.43. The predicted molar refractivity (Wildman–Crippen MR) is 132 cm³/mol. The van der Waals surface area contributed by atoms with Gasteiger partial charge in [0.2, 0.25) is 5.91 Å². The number of benzene rings is 3. The molecule has 3 aromatic carbocycles. The molecule has 0 unspecified atom stereocenters. The SMILES string of the molecule is Cc1ccccc1OCCn1c([C@@H]2CC(=O)N(c3c(C)cccc3C)C2)nc2ccccc21. The van der Waals surface area contributed by atoms with E-state index in [4.69, 9.17) is 9.72 Å². The molecule has 0 N–H and O–H groups in total. The fourth-order valence-electron chi connectivity index (χ4n) is 4.93. The van der Waals surface area contributed by atoms with Gasteiger partial charge in [-0.1, -0.05) is 48.5 Å². The number of nitrogens with zero attached hydrogens (tertiary/aromatic N) is 3. The Bertz CT molecular complexity index is 1300. The van der Waals surface area contributed by atoms with Gasteiger partial charge in [-0.25, -0.2) is 4.98 Å². The van der Waals surface area contributed by atoms with Crippen LogP contribution in [0.25, 0.3) is 11.0 Å². The van der Waals surface area contributed by atoms with Crippen molar-refractivity contribution in [2.75, 3.05) is 18.1 Å². The monoisotopic (exact) mass is 439 g/mol. The number of imidazole rings is 1. The van der Waals surface area contributed by atoms with Gasteiger partial charge in [0.1, 0.15) is 18.2 Å². The summed E-state index contributed by atoms with van der Waals surface area (Å²) in [6.45, 7) is 8.06. The molecule has 0 bridgehead atoms. The van der Waals surface area contributed by atoms with Crippen LogP contribution in [0, 0.1) is 20.8 Å². The largest absolute Gasteiger partial charge is 0.491 e. The van der Waals surface area contributed by atoms with Crippen LogP contribution in [0.5, 0.6) is 5.75 Å². The molecule has 1 saturated heterocycles. The number of hydrogen-bond donors (Lipinski definition) is 0. The zero-order chi connectivity index (χ0) is 22.9. The summed E-state index contributed by atoms with van der Waals surface area (Å²) in [7, 11) is 0. The number of carbonyl (C=O) groups excluding carboxylic acids is 1. The van der Waals surface area contributed by atoms with E-state index in [0.717, 1.165) is 45.0 Å². The zero-order valence-electron chi connectivity index (χ0n) is 19.4. The highest BCUT2D eigenvalue weighted by Gasteiger charge is 2.35. The molecule has 33 heavy (non-hydrogen) atoms. The topological polar surface area (TPSA) is 47.4 Å². The molecule has 0 spiro atoms. The van der Waals surface area contributed by atoms with Crippen molar-refractivity contribution < 1.29 is 9.53 Å². The average Bonchev–Trinajstić information content (AvgIpc) is 3.36. The maximum Gasteiger partial charge on any atom is 0.227 e. The first-order chi connectivity index (χ1) is 16.0. The van der Waals surface area contributed by atoms with Crippen molar-refractivity contribution in [2.24, 2.45) is 0 Å². The lowest BCUT2D eigenvalue weighted by Gasteiger charge is -2.21. The second-order valence-corrected chi connectivity index (χ2v) is 8.87. The summed E-state index contributed by atoms with van der Waals surface area (Å²) in [5, 5.41) is 0. The Morgan fingerprint density at radius 2 is 1.61 bits per heavy atom. The third-order valence-electron chi connectivity index (χ3n) is 6.55. The van der Waals surface area contributed by atoms with Crippen LogP contribution in [0.4, 0.5) is 5.69 Å². The lowest BCUT2D eigenvalue weighted by Crippen LogP contribution is -2.26. The fourth-order valence-corrected chi connectivity index (χ4v) is 4.93. The van der Waals surface area contributed by atoms with Gasteiger partial charge in [0.05, 0.1) is 17.6 Å². The highest BCUT2D eigenvalue weighted by atomic mass is 16.5. The van der Waals surface area contributed by atoms with Gasteiger partial charge in [-0.15, -0.1) is 0 Å². The van der Waals surface area contributed by atoms with Gasteiger partial charge in [0, 0.05) is 24.6 Å². The Labute approximate surface area is 194 Å². The quantitative estimate of drug-likeness (QED) is 0.395. The molecule has 5 nitrogen and oxygen atoms in total. The van der Waals surface area contributed by atoms with Crippen LogP contribution in [0.1, 0.15) is 34.9 Å². The zero-order valence-corrected chi connectivity index (χ0v) is 19.4. The van der Waals surface area contributed by atoms with Gasteiger partial charge in [0.25, 0.3) is 0 Å². The summed E-state index contributed by atoms with van der Waals surface area (Å²) in [5.41, 5.74) is 6.46. The summed E-state index contributed by atoms with van der Waals surface area (Å²) in [6.07, 6.45) is 0.468. The van der Waals surface area contributed by atoms with Gasteiger partial charge in [-0.3, -0.25) is 4.79 Å². The molecule has 1 aliphatic heterocycles. The van der Waals surface area contributed by atoms with Crippen molar-refractivity contribution in [2.45, 2.75) is 39.7 Å². The number of fused-ring (bicyclic) bond motifs is 1.